The van der Waals surface area contributed by atoms with Crippen LogP contribution in [0.2, 0.25) is 0 Å². The maximum atomic E-state index is 11.4. The highest BCUT2D eigenvalue weighted by Gasteiger charge is 2.18. The molecular formula is C13H10N4O2. The van der Waals surface area contributed by atoms with Crippen molar-refractivity contribution in [3.05, 3.63) is 54.6 Å². The van der Waals surface area contributed by atoms with Gasteiger partial charge in [0, 0.05) is 12.4 Å². The molecular weight excluding hydrogens is 244 g/mol. The Balaban J connectivity index is 2.13. The van der Waals surface area contributed by atoms with Crippen molar-refractivity contribution in [1.29, 1.82) is 0 Å². The molecule has 6 nitrogen and oxygen atoms in total. The van der Waals surface area contributed by atoms with Crippen LogP contribution in [0.4, 0.5) is 11.5 Å². The Labute approximate surface area is 108 Å². The lowest BCUT2D eigenvalue weighted by molar-refractivity contribution is 0.0690. The number of anilines is 2. The molecule has 3 rings (SSSR count). The van der Waals surface area contributed by atoms with Crippen molar-refractivity contribution in [3.63, 3.8) is 0 Å². The van der Waals surface area contributed by atoms with E-state index in [0.29, 0.717) is 17.2 Å². The van der Waals surface area contributed by atoms with E-state index in [9.17, 15) is 9.90 Å². The van der Waals surface area contributed by atoms with E-state index in [2.05, 4.69) is 15.3 Å². The number of aromatic carboxylic acids is 1. The molecule has 94 valence electrons. The standard InChI is InChI=1S/C13H10N4O2/c18-13(19)11-12(15-9-4-3-6-14-8-9)16-10-5-1-2-7-17(10)11/h1-8,15H,(H,18,19). The number of carboxylic acids is 1. The molecule has 3 heterocycles. The van der Waals surface area contributed by atoms with Gasteiger partial charge in [0.25, 0.3) is 0 Å². The number of carboxylic acid groups (broad SMARTS) is 1. The summed E-state index contributed by atoms with van der Waals surface area (Å²) in [6, 6.07) is 8.87. The average Bonchev–Trinajstić information content (AvgIpc) is 2.77. The fourth-order valence-electron chi connectivity index (χ4n) is 1.86. The summed E-state index contributed by atoms with van der Waals surface area (Å²) in [5, 5.41) is 12.3. The van der Waals surface area contributed by atoms with E-state index in [4.69, 9.17) is 0 Å². The number of carbonyl (C=O) groups is 1. The van der Waals surface area contributed by atoms with Crippen LogP contribution in [-0.2, 0) is 0 Å². The van der Waals surface area contributed by atoms with Crippen molar-refractivity contribution in [2.24, 2.45) is 0 Å². The molecule has 0 saturated heterocycles. The molecule has 0 amide bonds. The van der Waals surface area contributed by atoms with Gasteiger partial charge < -0.3 is 10.4 Å². The number of hydrogen-bond acceptors (Lipinski definition) is 4. The fourth-order valence-corrected chi connectivity index (χ4v) is 1.86. The first kappa shape index (κ1) is 11.2. The van der Waals surface area contributed by atoms with Crippen LogP contribution < -0.4 is 5.32 Å². The van der Waals surface area contributed by atoms with Crippen LogP contribution in [-0.4, -0.2) is 25.4 Å². The van der Waals surface area contributed by atoms with Gasteiger partial charge in [-0.2, -0.15) is 0 Å². The Bertz CT molecular complexity index is 737. The van der Waals surface area contributed by atoms with Gasteiger partial charge in [-0.3, -0.25) is 9.38 Å². The summed E-state index contributed by atoms with van der Waals surface area (Å²) >= 11 is 0. The Kier molecular flexibility index (Phi) is 2.60. The van der Waals surface area contributed by atoms with Gasteiger partial charge in [0.05, 0.1) is 11.9 Å². The van der Waals surface area contributed by atoms with Gasteiger partial charge in [0.2, 0.25) is 0 Å². The molecule has 0 aliphatic heterocycles. The van der Waals surface area contributed by atoms with Crippen molar-refractivity contribution in [2.75, 3.05) is 5.32 Å². The summed E-state index contributed by atoms with van der Waals surface area (Å²) in [5.41, 5.74) is 1.36. The van der Waals surface area contributed by atoms with Crippen molar-refractivity contribution < 1.29 is 9.90 Å². The van der Waals surface area contributed by atoms with Crippen LogP contribution in [0.3, 0.4) is 0 Å². The molecule has 0 fully saturated rings. The zero-order valence-electron chi connectivity index (χ0n) is 9.82. The SMILES string of the molecule is O=C(O)c1c(Nc2cccnc2)nc2ccccn12. The van der Waals surface area contributed by atoms with Crippen LogP contribution in [0.15, 0.2) is 48.9 Å². The number of pyridine rings is 2. The molecule has 19 heavy (non-hydrogen) atoms. The largest absolute Gasteiger partial charge is 0.476 e. The van der Waals surface area contributed by atoms with E-state index in [1.165, 1.54) is 4.40 Å². The first-order valence-electron chi connectivity index (χ1n) is 5.63. The predicted molar refractivity (Wildman–Crippen MR) is 69.7 cm³/mol. The Hall–Kier alpha value is -2.89. The smallest absolute Gasteiger partial charge is 0.356 e. The van der Waals surface area contributed by atoms with Gasteiger partial charge >= 0.3 is 5.97 Å². The van der Waals surface area contributed by atoms with E-state index in [1.807, 2.05) is 6.07 Å². The van der Waals surface area contributed by atoms with Gasteiger partial charge in [-0.05, 0) is 24.3 Å². The summed E-state index contributed by atoms with van der Waals surface area (Å²) < 4.78 is 1.53. The normalized spacial score (nSPS) is 10.5. The molecule has 3 aromatic rings. The van der Waals surface area contributed by atoms with Gasteiger partial charge in [-0.25, -0.2) is 9.78 Å². The topological polar surface area (TPSA) is 79.5 Å². The lowest BCUT2D eigenvalue weighted by Crippen LogP contribution is -2.05. The lowest BCUT2D eigenvalue weighted by Gasteiger charge is -2.03. The Morgan fingerprint density at radius 1 is 1.26 bits per heavy atom. The molecule has 0 saturated carbocycles. The van der Waals surface area contributed by atoms with E-state index in [0.717, 1.165) is 0 Å². The van der Waals surface area contributed by atoms with Crippen LogP contribution in [0.1, 0.15) is 10.5 Å². The number of nitrogens with one attached hydrogen (secondary N) is 1. The molecule has 6 heteroatoms. The minimum atomic E-state index is -1.04. The van der Waals surface area contributed by atoms with Crippen LogP contribution in [0.25, 0.3) is 5.65 Å². The molecule has 0 aromatic carbocycles. The summed E-state index contributed by atoms with van der Waals surface area (Å²) in [6.07, 6.45) is 4.92. The van der Waals surface area contributed by atoms with Crippen LogP contribution in [0.5, 0.6) is 0 Å². The highest BCUT2D eigenvalue weighted by atomic mass is 16.4. The van der Waals surface area contributed by atoms with Gasteiger partial charge in [0.15, 0.2) is 11.5 Å². The number of nitrogens with zero attached hydrogens (tertiary/aromatic N) is 3. The van der Waals surface area contributed by atoms with E-state index >= 15 is 0 Å². The van der Waals surface area contributed by atoms with Crippen LogP contribution in [0, 0.1) is 0 Å². The quantitative estimate of drug-likeness (QED) is 0.748. The number of hydrogen-bond donors (Lipinski definition) is 2. The van der Waals surface area contributed by atoms with Crippen LogP contribution >= 0.6 is 0 Å². The second-order valence-electron chi connectivity index (χ2n) is 3.91. The third kappa shape index (κ3) is 1.99. The Morgan fingerprint density at radius 3 is 2.89 bits per heavy atom. The van der Waals surface area contributed by atoms with E-state index in [-0.39, 0.29) is 5.69 Å². The highest BCUT2D eigenvalue weighted by Crippen LogP contribution is 2.21. The lowest BCUT2D eigenvalue weighted by atomic mass is 10.3. The summed E-state index contributed by atoms with van der Waals surface area (Å²) in [7, 11) is 0. The molecule has 0 spiro atoms. The first-order valence-corrected chi connectivity index (χ1v) is 5.63. The molecule has 0 bridgehead atoms. The van der Waals surface area contributed by atoms with E-state index in [1.54, 1.807) is 42.9 Å². The number of imidazole rings is 1. The molecule has 2 N–H and O–H groups in total. The van der Waals surface area contributed by atoms with Crippen molar-refractivity contribution in [3.8, 4) is 0 Å². The van der Waals surface area contributed by atoms with Crippen molar-refractivity contribution in [1.82, 2.24) is 14.4 Å². The minimum absolute atomic E-state index is 0.0967. The fraction of sp³-hybridized carbons (Fsp3) is 0. The maximum absolute atomic E-state index is 11.4. The van der Waals surface area contributed by atoms with Crippen molar-refractivity contribution >= 4 is 23.1 Å². The Morgan fingerprint density at radius 2 is 2.16 bits per heavy atom. The second kappa shape index (κ2) is 4.41. The number of fused-ring (bicyclic) bond motifs is 1. The van der Waals surface area contributed by atoms with Gasteiger partial charge in [-0.15, -0.1) is 0 Å². The average molecular weight is 254 g/mol. The molecule has 0 atom stereocenters. The predicted octanol–water partition coefficient (Wildman–Crippen LogP) is 2.17. The molecule has 0 aliphatic rings. The number of rotatable bonds is 3. The summed E-state index contributed by atoms with van der Waals surface area (Å²) in [4.78, 5) is 19.6. The zero-order chi connectivity index (χ0) is 13.2. The molecule has 0 radical (unpaired) electrons. The van der Waals surface area contributed by atoms with Gasteiger partial charge in [0.1, 0.15) is 5.65 Å². The highest BCUT2D eigenvalue weighted by molar-refractivity contribution is 5.93. The third-order valence-electron chi connectivity index (χ3n) is 2.66. The molecule has 3 aromatic heterocycles. The van der Waals surface area contributed by atoms with E-state index < -0.39 is 5.97 Å². The molecule has 0 aliphatic carbocycles. The third-order valence-corrected chi connectivity index (χ3v) is 2.66. The maximum Gasteiger partial charge on any atom is 0.356 e. The first-order chi connectivity index (χ1) is 9.25. The summed E-state index contributed by atoms with van der Waals surface area (Å²) in [6.45, 7) is 0. The number of aromatic nitrogens is 3. The second-order valence-corrected chi connectivity index (χ2v) is 3.91. The minimum Gasteiger partial charge on any atom is -0.476 e. The van der Waals surface area contributed by atoms with Crippen molar-refractivity contribution in [2.45, 2.75) is 0 Å². The zero-order valence-corrected chi connectivity index (χ0v) is 9.82. The molecule has 0 unspecified atom stereocenters. The van der Waals surface area contributed by atoms with Gasteiger partial charge in [-0.1, -0.05) is 6.07 Å². The summed E-state index contributed by atoms with van der Waals surface area (Å²) in [5.74, 6) is -0.739. The monoisotopic (exact) mass is 254 g/mol.